The van der Waals surface area contributed by atoms with Crippen molar-refractivity contribution in [3.8, 4) is 5.75 Å². The van der Waals surface area contributed by atoms with E-state index in [1.165, 1.54) is 0 Å². The molecule has 1 atom stereocenters. The Labute approximate surface area is 131 Å². The van der Waals surface area contributed by atoms with E-state index < -0.39 is 15.9 Å². The number of benzene rings is 1. The zero-order valence-electron chi connectivity index (χ0n) is 12.7. The molecule has 0 saturated carbocycles. The normalized spacial score (nSPS) is 14.8. The number of rotatable bonds is 7. The van der Waals surface area contributed by atoms with E-state index in [1.807, 2.05) is 25.1 Å². The molecule has 5 nitrogen and oxygen atoms in total. The van der Waals surface area contributed by atoms with E-state index in [9.17, 15) is 13.2 Å². The van der Waals surface area contributed by atoms with Crippen molar-refractivity contribution in [3.63, 3.8) is 0 Å². The Bertz CT molecular complexity index is 667. The molecule has 2 rings (SSSR count). The molecule has 22 heavy (non-hydrogen) atoms. The van der Waals surface area contributed by atoms with Crippen molar-refractivity contribution < 1.29 is 17.9 Å². The molecule has 1 heterocycles. The first-order valence-corrected chi connectivity index (χ1v) is 8.95. The van der Waals surface area contributed by atoms with Crippen LogP contribution >= 0.6 is 0 Å². The minimum atomic E-state index is -3.61. The van der Waals surface area contributed by atoms with Crippen LogP contribution in [0.5, 0.6) is 5.75 Å². The maximum absolute atomic E-state index is 11.9. The Hall–Kier alpha value is -1.82. The third-order valence-corrected chi connectivity index (χ3v) is 4.87. The highest BCUT2D eigenvalue weighted by atomic mass is 32.2. The lowest BCUT2D eigenvalue weighted by Crippen LogP contribution is -2.33. The van der Waals surface area contributed by atoms with Crippen molar-refractivity contribution in [2.24, 2.45) is 5.92 Å². The van der Waals surface area contributed by atoms with Gasteiger partial charge in [-0.15, -0.1) is 6.58 Å². The Morgan fingerprint density at radius 3 is 3.00 bits per heavy atom. The number of hydrogen-bond donors (Lipinski definition) is 1. The lowest BCUT2D eigenvalue weighted by atomic mass is 10.1. The number of carbonyl (C=O) groups is 1. The molecule has 0 radical (unpaired) electrons. The van der Waals surface area contributed by atoms with Crippen LogP contribution in [0.1, 0.15) is 24.5 Å². The number of carbonyl (C=O) groups excluding carboxylic acids is 1. The van der Waals surface area contributed by atoms with E-state index in [2.05, 4.69) is 11.3 Å². The summed E-state index contributed by atoms with van der Waals surface area (Å²) in [5.41, 5.74) is 2.04. The highest BCUT2D eigenvalue weighted by Crippen LogP contribution is 2.26. The summed E-state index contributed by atoms with van der Waals surface area (Å²) in [6.45, 7) is 6.06. The molecule has 0 fully saturated rings. The number of ether oxygens (including phenoxy) is 1. The van der Waals surface area contributed by atoms with E-state index in [0.29, 0.717) is 13.0 Å². The quantitative estimate of drug-likeness (QED) is 0.777. The fourth-order valence-electron chi connectivity index (χ4n) is 2.29. The monoisotopic (exact) mass is 323 g/mol. The van der Waals surface area contributed by atoms with Crippen LogP contribution < -0.4 is 9.46 Å². The fourth-order valence-corrected chi connectivity index (χ4v) is 3.33. The zero-order valence-corrected chi connectivity index (χ0v) is 13.5. The fraction of sp³-hybridized carbons (Fsp3) is 0.438. The van der Waals surface area contributed by atoms with Crippen LogP contribution in [0.2, 0.25) is 0 Å². The van der Waals surface area contributed by atoms with Crippen LogP contribution in [0.3, 0.4) is 0 Å². The average molecular weight is 323 g/mol. The SMILES string of the molecule is C=CC(C)CC(=O)NS(=O)(=O)CCc1ccc2c(c1)CCO2. The van der Waals surface area contributed by atoms with Crippen LogP contribution in [0.15, 0.2) is 30.9 Å². The van der Waals surface area contributed by atoms with Gasteiger partial charge in [0.05, 0.1) is 12.4 Å². The topological polar surface area (TPSA) is 72.5 Å². The first kappa shape index (κ1) is 16.5. The van der Waals surface area contributed by atoms with Crippen molar-refractivity contribution in [3.05, 3.63) is 42.0 Å². The molecule has 0 bridgehead atoms. The molecule has 1 aromatic rings. The number of fused-ring (bicyclic) bond motifs is 1. The van der Waals surface area contributed by atoms with Gasteiger partial charge in [0.15, 0.2) is 0 Å². The standard InChI is InChI=1S/C16H21NO4S/c1-3-12(2)10-16(18)17-22(19,20)9-7-13-4-5-15-14(11-13)6-8-21-15/h3-5,11-12H,1,6-10H2,2H3,(H,17,18). The van der Waals surface area contributed by atoms with E-state index in [-0.39, 0.29) is 18.1 Å². The number of sulfonamides is 1. The summed E-state index contributed by atoms with van der Waals surface area (Å²) in [6, 6.07) is 5.70. The van der Waals surface area contributed by atoms with Gasteiger partial charge in [-0.25, -0.2) is 8.42 Å². The molecule has 1 aliphatic rings. The van der Waals surface area contributed by atoms with Gasteiger partial charge < -0.3 is 4.74 Å². The summed E-state index contributed by atoms with van der Waals surface area (Å²) in [5.74, 6) is 0.223. The Morgan fingerprint density at radius 2 is 2.27 bits per heavy atom. The van der Waals surface area contributed by atoms with Crippen LogP contribution in [-0.4, -0.2) is 26.7 Å². The van der Waals surface area contributed by atoms with Gasteiger partial charge in [0.1, 0.15) is 5.75 Å². The van der Waals surface area contributed by atoms with Gasteiger partial charge >= 0.3 is 0 Å². The van der Waals surface area contributed by atoms with E-state index >= 15 is 0 Å². The van der Waals surface area contributed by atoms with Gasteiger partial charge in [-0.05, 0) is 29.5 Å². The molecular formula is C16H21NO4S. The lowest BCUT2D eigenvalue weighted by Gasteiger charge is -2.09. The molecule has 0 spiro atoms. The predicted octanol–water partition coefficient (Wildman–Crippen LogP) is 1.82. The minimum Gasteiger partial charge on any atom is -0.493 e. The van der Waals surface area contributed by atoms with Crippen LogP contribution in [0.25, 0.3) is 0 Å². The predicted molar refractivity (Wildman–Crippen MR) is 85.3 cm³/mol. The van der Waals surface area contributed by atoms with Crippen molar-refractivity contribution in [2.75, 3.05) is 12.4 Å². The first-order chi connectivity index (χ1) is 10.4. The second-order valence-corrected chi connectivity index (χ2v) is 7.39. The smallest absolute Gasteiger partial charge is 0.235 e. The Kier molecular flexibility index (Phi) is 5.24. The van der Waals surface area contributed by atoms with Crippen molar-refractivity contribution in [2.45, 2.75) is 26.2 Å². The third kappa shape index (κ3) is 4.59. The molecule has 0 aromatic heterocycles. The molecule has 0 aliphatic carbocycles. The van der Waals surface area contributed by atoms with Gasteiger partial charge in [0.25, 0.3) is 0 Å². The number of hydrogen-bond acceptors (Lipinski definition) is 4. The molecule has 1 unspecified atom stereocenters. The first-order valence-electron chi connectivity index (χ1n) is 7.30. The highest BCUT2D eigenvalue weighted by Gasteiger charge is 2.17. The molecule has 120 valence electrons. The average Bonchev–Trinajstić information content (AvgIpc) is 2.91. The summed E-state index contributed by atoms with van der Waals surface area (Å²) in [7, 11) is -3.61. The summed E-state index contributed by atoms with van der Waals surface area (Å²) < 4.78 is 31.4. The van der Waals surface area contributed by atoms with Gasteiger partial charge in [-0.2, -0.15) is 0 Å². The van der Waals surface area contributed by atoms with Gasteiger partial charge in [-0.3, -0.25) is 9.52 Å². The van der Waals surface area contributed by atoms with Crippen LogP contribution in [0.4, 0.5) is 0 Å². The summed E-state index contributed by atoms with van der Waals surface area (Å²) in [4.78, 5) is 11.6. The summed E-state index contributed by atoms with van der Waals surface area (Å²) in [6.07, 6.45) is 2.97. The zero-order chi connectivity index (χ0) is 16.2. The molecule has 1 aromatic carbocycles. The Morgan fingerprint density at radius 1 is 1.50 bits per heavy atom. The number of allylic oxidation sites excluding steroid dienone is 1. The van der Waals surface area contributed by atoms with E-state index in [1.54, 1.807) is 6.08 Å². The van der Waals surface area contributed by atoms with Gasteiger partial charge in [-0.1, -0.05) is 25.1 Å². The van der Waals surface area contributed by atoms with Crippen LogP contribution in [-0.2, 0) is 27.7 Å². The maximum Gasteiger partial charge on any atom is 0.235 e. The minimum absolute atomic E-state index is 0.0492. The van der Waals surface area contributed by atoms with Gasteiger partial charge in [0.2, 0.25) is 15.9 Å². The van der Waals surface area contributed by atoms with Crippen molar-refractivity contribution in [1.29, 1.82) is 0 Å². The summed E-state index contributed by atoms with van der Waals surface area (Å²) >= 11 is 0. The lowest BCUT2D eigenvalue weighted by molar-refractivity contribution is -0.119. The third-order valence-electron chi connectivity index (χ3n) is 3.59. The molecule has 0 saturated heterocycles. The van der Waals surface area contributed by atoms with Crippen molar-refractivity contribution in [1.82, 2.24) is 4.72 Å². The Balaban J connectivity index is 1.89. The number of amides is 1. The molecule has 1 N–H and O–H groups in total. The highest BCUT2D eigenvalue weighted by molar-refractivity contribution is 7.90. The number of aryl methyl sites for hydroxylation is 1. The molecule has 1 amide bonds. The molecule has 1 aliphatic heterocycles. The van der Waals surface area contributed by atoms with E-state index in [0.717, 1.165) is 23.3 Å². The second kappa shape index (κ2) is 6.96. The molecule has 6 heteroatoms. The number of nitrogens with one attached hydrogen (secondary N) is 1. The second-order valence-electron chi connectivity index (χ2n) is 5.55. The van der Waals surface area contributed by atoms with Crippen LogP contribution in [0, 0.1) is 5.92 Å². The largest absolute Gasteiger partial charge is 0.493 e. The van der Waals surface area contributed by atoms with E-state index in [4.69, 9.17) is 4.74 Å². The maximum atomic E-state index is 11.9. The van der Waals surface area contributed by atoms with Crippen molar-refractivity contribution >= 4 is 15.9 Å². The summed E-state index contributed by atoms with van der Waals surface area (Å²) in [5, 5.41) is 0. The van der Waals surface area contributed by atoms with Gasteiger partial charge in [0, 0.05) is 12.8 Å². The molecular weight excluding hydrogens is 302 g/mol.